The second-order valence-corrected chi connectivity index (χ2v) is 7.29. The number of halogens is 1. The van der Waals surface area contributed by atoms with E-state index in [0.717, 1.165) is 25.9 Å². The van der Waals surface area contributed by atoms with Gasteiger partial charge in [0.05, 0.1) is 6.20 Å². The van der Waals surface area contributed by atoms with E-state index >= 15 is 0 Å². The van der Waals surface area contributed by atoms with Crippen molar-refractivity contribution < 1.29 is 9.53 Å². The summed E-state index contributed by atoms with van der Waals surface area (Å²) in [6.45, 7) is 6.98. The normalized spacial score (nSPS) is 15.7. The van der Waals surface area contributed by atoms with Gasteiger partial charge in [0, 0.05) is 13.1 Å². The molecular formula is C15H22BrN3O3. The Morgan fingerprint density at radius 3 is 2.55 bits per heavy atom. The number of nitrogens with zero attached hydrogens (tertiary/aromatic N) is 3. The van der Waals surface area contributed by atoms with Gasteiger partial charge >= 0.3 is 5.97 Å². The van der Waals surface area contributed by atoms with Crippen LogP contribution in [0.2, 0.25) is 0 Å². The number of esters is 1. The molecule has 2 rings (SSSR count). The zero-order valence-corrected chi connectivity index (χ0v) is 14.9. The summed E-state index contributed by atoms with van der Waals surface area (Å²) in [6.07, 6.45) is 4.82. The Morgan fingerprint density at radius 1 is 1.32 bits per heavy atom. The van der Waals surface area contributed by atoms with Crippen LogP contribution in [0.1, 0.15) is 40.0 Å². The third-order valence-corrected chi connectivity index (χ3v) is 3.87. The van der Waals surface area contributed by atoms with Gasteiger partial charge in [0.2, 0.25) is 5.95 Å². The standard InChI is InChI=1S/C15H22BrN3O3/c1-15(2,3)22-12(20)10-19-13(21)11(16)9-17-14(19)18-7-5-4-6-8-18/h9H,4-8,10H2,1-3H3. The van der Waals surface area contributed by atoms with Crippen molar-refractivity contribution in [1.29, 1.82) is 0 Å². The molecule has 0 saturated carbocycles. The first-order valence-corrected chi connectivity index (χ1v) is 8.29. The lowest BCUT2D eigenvalue weighted by Crippen LogP contribution is -2.38. The van der Waals surface area contributed by atoms with Crippen LogP contribution in [0.4, 0.5) is 5.95 Å². The van der Waals surface area contributed by atoms with Gasteiger partial charge in [0.15, 0.2) is 0 Å². The van der Waals surface area contributed by atoms with E-state index < -0.39 is 11.6 Å². The fourth-order valence-corrected chi connectivity index (χ4v) is 2.77. The quantitative estimate of drug-likeness (QED) is 0.762. The minimum absolute atomic E-state index is 0.131. The van der Waals surface area contributed by atoms with Crippen molar-refractivity contribution in [2.24, 2.45) is 0 Å². The Morgan fingerprint density at radius 2 is 1.95 bits per heavy atom. The van der Waals surface area contributed by atoms with Crippen LogP contribution in [0.3, 0.4) is 0 Å². The maximum absolute atomic E-state index is 12.4. The Balaban J connectivity index is 2.29. The minimum Gasteiger partial charge on any atom is -0.459 e. The van der Waals surface area contributed by atoms with E-state index in [9.17, 15) is 9.59 Å². The highest BCUT2D eigenvalue weighted by Gasteiger charge is 2.22. The van der Waals surface area contributed by atoms with Crippen molar-refractivity contribution in [2.75, 3.05) is 18.0 Å². The fourth-order valence-electron chi connectivity index (χ4n) is 2.45. The van der Waals surface area contributed by atoms with Gasteiger partial charge in [-0.1, -0.05) is 0 Å². The molecule has 1 aromatic heterocycles. The van der Waals surface area contributed by atoms with Crippen molar-refractivity contribution in [2.45, 2.75) is 52.2 Å². The second kappa shape index (κ2) is 6.81. The summed E-state index contributed by atoms with van der Waals surface area (Å²) in [5.41, 5.74) is -0.841. The second-order valence-electron chi connectivity index (χ2n) is 6.43. The monoisotopic (exact) mass is 371 g/mol. The Kier molecular flexibility index (Phi) is 5.26. The summed E-state index contributed by atoms with van der Waals surface area (Å²) >= 11 is 3.19. The van der Waals surface area contributed by atoms with Gasteiger partial charge in [0.25, 0.3) is 5.56 Å². The molecule has 122 valence electrons. The first kappa shape index (κ1) is 17.0. The zero-order valence-electron chi connectivity index (χ0n) is 13.3. The van der Waals surface area contributed by atoms with Crippen LogP contribution in [0.25, 0.3) is 0 Å². The molecule has 0 N–H and O–H groups in total. The fraction of sp³-hybridized carbons (Fsp3) is 0.667. The molecule has 6 nitrogen and oxygen atoms in total. The maximum atomic E-state index is 12.4. The molecule has 2 heterocycles. The molecule has 0 spiro atoms. The van der Waals surface area contributed by atoms with Gasteiger partial charge in [-0.3, -0.25) is 14.2 Å². The van der Waals surface area contributed by atoms with E-state index in [1.165, 1.54) is 17.2 Å². The predicted octanol–water partition coefficient (Wildman–Crippen LogP) is 2.34. The summed E-state index contributed by atoms with van der Waals surface area (Å²) in [4.78, 5) is 30.9. The Labute approximate surface area is 138 Å². The third kappa shape index (κ3) is 4.32. The van der Waals surface area contributed by atoms with Crippen molar-refractivity contribution in [3.63, 3.8) is 0 Å². The number of carbonyl (C=O) groups excluding carboxylic acids is 1. The molecule has 7 heteroatoms. The van der Waals surface area contributed by atoms with Gasteiger partial charge in [-0.05, 0) is 56.0 Å². The lowest BCUT2D eigenvalue weighted by Gasteiger charge is -2.29. The summed E-state index contributed by atoms with van der Waals surface area (Å²) in [5.74, 6) is 0.103. The number of ether oxygens (including phenoxy) is 1. The van der Waals surface area contributed by atoms with E-state index in [4.69, 9.17) is 4.74 Å². The Hall–Kier alpha value is -1.37. The number of anilines is 1. The van der Waals surface area contributed by atoms with Crippen LogP contribution in [-0.2, 0) is 16.1 Å². The molecule has 22 heavy (non-hydrogen) atoms. The molecule has 0 bridgehead atoms. The summed E-state index contributed by atoms with van der Waals surface area (Å²) in [5, 5.41) is 0. The molecule has 0 aliphatic carbocycles. The highest BCUT2D eigenvalue weighted by atomic mass is 79.9. The molecule has 0 radical (unpaired) electrons. The zero-order chi connectivity index (χ0) is 16.3. The van der Waals surface area contributed by atoms with E-state index in [1.54, 1.807) is 20.8 Å². The van der Waals surface area contributed by atoms with Gasteiger partial charge in [-0.15, -0.1) is 0 Å². The predicted molar refractivity (Wildman–Crippen MR) is 88.1 cm³/mol. The lowest BCUT2D eigenvalue weighted by atomic mass is 10.1. The van der Waals surface area contributed by atoms with Crippen molar-refractivity contribution >= 4 is 27.8 Å². The van der Waals surface area contributed by atoms with Gasteiger partial charge in [-0.2, -0.15) is 0 Å². The summed E-state index contributed by atoms with van der Waals surface area (Å²) in [6, 6.07) is 0. The molecule has 0 amide bonds. The van der Waals surface area contributed by atoms with Crippen LogP contribution in [0, 0.1) is 0 Å². The van der Waals surface area contributed by atoms with E-state index in [2.05, 4.69) is 25.8 Å². The SMILES string of the molecule is CC(C)(C)OC(=O)Cn1c(N2CCCCC2)ncc(Br)c1=O. The van der Waals surface area contributed by atoms with Crippen LogP contribution >= 0.6 is 15.9 Å². The topological polar surface area (TPSA) is 64.4 Å². The van der Waals surface area contributed by atoms with Crippen molar-refractivity contribution in [1.82, 2.24) is 9.55 Å². The van der Waals surface area contributed by atoms with Crippen LogP contribution in [0.15, 0.2) is 15.5 Å². The minimum atomic E-state index is -0.578. The highest BCUT2D eigenvalue weighted by Crippen LogP contribution is 2.18. The lowest BCUT2D eigenvalue weighted by molar-refractivity contribution is -0.155. The molecule has 0 atom stereocenters. The molecule has 1 aliphatic heterocycles. The van der Waals surface area contributed by atoms with Crippen molar-refractivity contribution in [3.8, 4) is 0 Å². The first-order valence-electron chi connectivity index (χ1n) is 7.50. The van der Waals surface area contributed by atoms with Crippen molar-refractivity contribution in [3.05, 3.63) is 21.0 Å². The van der Waals surface area contributed by atoms with Crippen LogP contribution < -0.4 is 10.5 Å². The summed E-state index contributed by atoms with van der Waals surface area (Å²) < 4.78 is 7.06. The maximum Gasteiger partial charge on any atom is 0.326 e. The smallest absolute Gasteiger partial charge is 0.326 e. The molecule has 1 aliphatic rings. The van der Waals surface area contributed by atoms with Gasteiger partial charge in [0.1, 0.15) is 16.6 Å². The molecule has 0 unspecified atom stereocenters. The summed E-state index contributed by atoms with van der Waals surface area (Å²) in [7, 11) is 0. The van der Waals surface area contributed by atoms with Gasteiger partial charge < -0.3 is 9.64 Å². The highest BCUT2D eigenvalue weighted by molar-refractivity contribution is 9.10. The van der Waals surface area contributed by atoms with Crippen LogP contribution in [0.5, 0.6) is 0 Å². The number of hydrogen-bond acceptors (Lipinski definition) is 5. The molecule has 0 aromatic carbocycles. The average Bonchev–Trinajstić information content (AvgIpc) is 2.43. The van der Waals surface area contributed by atoms with E-state index in [1.807, 2.05) is 0 Å². The number of piperidine rings is 1. The molecule has 1 aromatic rings. The van der Waals surface area contributed by atoms with E-state index in [-0.39, 0.29) is 12.1 Å². The van der Waals surface area contributed by atoms with E-state index in [0.29, 0.717) is 10.4 Å². The first-order chi connectivity index (χ1) is 10.3. The number of rotatable bonds is 3. The molecule has 1 saturated heterocycles. The van der Waals surface area contributed by atoms with Crippen LogP contribution in [-0.4, -0.2) is 34.2 Å². The Bertz CT molecular complexity index is 601. The number of aromatic nitrogens is 2. The number of carbonyl (C=O) groups is 1. The largest absolute Gasteiger partial charge is 0.459 e. The molecular weight excluding hydrogens is 350 g/mol. The van der Waals surface area contributed by atoms with Gasteiger partial charge in [-0.25, -0.2) is 4.98 Å². The number of hydrogen-bond donors (Lipinski definition) is 0. The average molecular weight is 372 g/mol. The third-order valence-electron chi connectivity index (χ3n) is 3.33. The molecule has 1 fully saturated rings.